The number of alkyl halides is 3. The molecule has 0 spiro atoms. The van der Waals surface area contributed by atoms with Crippen molar-refractivity contribution in [3.63, 3.8) is 0 Å². The molecule has 40 heavy (non-hydrogen) atoms. The molecular weight excluding hydrogens is 527 g/mol. The van der Waals surface area contributed by atoms with Crippen LogP contribution >= 0.6 is 0 Å². The summed E-state index contributed by atoms with van der Waals surface area (Å²) in [6.45, 7) is 4.72. The Balaban J connectivity index is 1.97. The molecule has 0 radical (unpaired) electrons. The maximum Gasteiger partial charge on any atom is 0.416 e. The van der Waals surface area contributed by atoms with E-state index in [1.165, 1.54) is 25.3 Å². The molecule has 1 aliphatic carbocycles. The Morgan fingerprint density at radius 2 is 1.73 bits per heavy atom. The quantitative estimate of drug-likeness (QED) is 0.359. The Bertz CT molecular complexity index is 1390. The number of rotatable bonds is 7. The molecule has 2 aliphatic rings. The summed E-state index contributed by atoms with van der Waals surface area (Å²) in [6, 6.07) is 11.7. The molecule has 0 aromatic heterocycles. The van der Waals surface area contributed by atoms with Crippen LogP contribution in [0.1, 0.15) is 55.7 Å². The molecule has 2 aromatic rings. The normalized spacial score (nSPS) is 21.0. The second-order valence-electron chi connectivity index (χ2n) is 9.48. The van der Waals surface area contributed by atoms with Gasteiger partial charge in [0.05, 0.1) is 31.5 Å². The fraction of sp³-hybridized carbons (Fsp3) is 0.367. The van der Waals surface area contributed by atoms with E-state index < -0.39 is 47.2 Å². The summed E-state index contributed by atoms with van der Waals surface area (Å²) in [5.41, 5.74) is -0.224. The van der Waals surface area contributed by atoms with Gasteiger partial charge in [-0.05, 0) is 56.5 Å². The number of hydrogen-bond donors (Lipinski definition) is 1. The maximum atomic E-state index is 14.3. The Morgan fingerprint density at radius 3 is 2.38 bits per heavy atom. The second-order valence-corrected chi connectivity index (χ2v) is 9.48. The van der Waals surface area contributed by atoms with Gasteiger partial charge in [0.25, 0.3) is 0 Å². The van der Waals surface area contributed by atoms with Crippen molar-refractivity contribution in [2.75, 3.05) is 20.3 Å². The lowest BCUT2D eigenvalue weighted by atomic mass is 9.66. The number of ether oxygens (including phenoxy) is 3. The monoisotopic (exact) mass is 557 g/mol. The van der Waals surface area contributed by atoms with Gasteiger partial charge < -0.3 is 19.5 Å². The first-order valence-corrected chi connectivity index (χ1v) is 12.9. The van der Waals surface area contributed by atoms with Gasteiger partial charge in [-0.25, -0.2) is 4.79 Å². The van der Waals surface area contributed by atoms with E-state index in [1.807, 2.05) is 0 Å². The van der Waals surface area contributed by atoms with E-state index in [-0.39, 0.29) is 42.0 Å². The zero-order chi connectivity index (χ0) is 29.2. The first-order valence-electron chi connectivity index (χ1n) is 12.9. The van der Waals surface area contributed by atoms with Gasteiger partial charge in [0, 0.05) is 28.8 Å². The molecule has 0 saturated carbocycles. The number of allylic oxidation sites excluding steroid dienone is 3. The van der Waals surface area contributed by atoms with E-state index in [2.05, 4.69) is 5.32 Å². The predicted molar refractivity (Wildman–Crippen MR) is 139 cm³/mol. The maximum absolute atomic E-state index is 14.3. The van der Waals surface area contributed by atoms with Gasteiger partial charge in [0.2, 0.25) is 0 Å². The topological polar surface area (TPSA) is 90.9 Å². The van der Waals surface area contributed by atoms with Crippen molar-refractivity contribution >= 4 is 17.7 Å². The standard InChI is InChI=1S/C30H30F3NO6/c1-5-39-28(36)23-16(3)34-22-15-20(17-10-9-11-18(14-17)38-4)25(29(37)40-6-2)27(35)26(22)24(23)19-12-7-8-13-21(19)30(31,32)33/h7-14,20,24-25,34H,5-6,15H2,1-4H3/t20-,24-,25-/m1/s1. The van der Waals surface area contributed by atoms with Crippen LogP contribution in [-0.4, -0.2) is 38.0 Å². The van der Waals surface area contributed by atoms with E-state index in [0.717, 1.165) is 6.07 Å². The molecule has 0 unspecified atom stereocenters. The van der Waals surface area contributed by atoms with Gasteiger partial charge in [-0.15, -0.1) is 0 Å². The summed E-state index contributed by atoms with van der Waals surface area (Å²) in [5, 5.41) is 3.09. The van der Waals surface area contributed by atoms with E-state index in [9.17, 15) is 27.6 Å². The van der Waals surface area contributed by atoms with Crippen LogP contribution in [0.3, 0.4) is 0 Å². The summed E-state index contributed by atoms with van der Waals surface area (Å²) in [6.07, 6.45) is -4.66. The van der Waals surface area contributed by atoms with Gasteiger partial charge >= 0.3 is 18.1 Å². The molecule has 3 atom stereocenters. The van der Waals surface area contributed by atoms with Crippen LogP contribution < -0.4 is 10.1 Å². The number of esters is 2. The number of halogens is 3. The van der Waals surface area contributed by atoms with Crippen molar-refractivity contribution in [1.29, 1.82) is 0 Å². The van der Waals surface area contributed by atoms with Crippen LogP contribution in [0.5, 0.6) is 5.75 Å². The Hall–Kier alpha value is -4.08. The third-order valence-corrected chi connectivity index (χ3v) is 7.15. The predicted octanol–water partition coefficient (Wildman–Crippen LogP) is 5.43. The van der Waals surface area contributed by atoms with Crippen molar-refractivity contribution in [2.45, 2.75) is 45.2 Å². The Morgan fingerprint density at radius 1 is 1.02 bits per heavy atom. The lowest BCUT2D eigenvalue weighted by Crippen LogP contribution is -2.43. The molecule has 0 saturated heterocycles. The zero-order valence-corrected chi connectivity index (χ0v) is 22.6. The van der Waals surface area contributed by atoms with E-state index in [4.69, 9.17) is 14.2 Å². The molecule has 1 N–H and O–H groups in total. The van der Waals surface area contributed by atoms with Crippen LogP contribution in [0.2, 0.25) is 0 Å². The molecule has 4 rings (SSSR count). The minimum absolute atomic E-state index is 0.00498. The van der Waals surface area contributed by atoms with Gasteiger partial charge in [0.1, 0.15) is 11.7 Å². The summed E-state index contributed by atoms with van der Waals surface area (Å²) in [7, 11) is 1.49. The molecule has 1 heterocycles. The first-order chi connectivity index (χ1) is 19.0. The SMILES string of the molecule is CCOC(=O)C1=C(C)NC2=C(C(=O)[C@H](C(=O)OCC)[C@@H](c3cccc(OC)c3)C2)[C@@H]1c1ccccc1C(F)(F)F. The molecule has 10 heteroatoms. The molecule has 7 nitrogen and oxygen atoms in total. The van der Waals surface area contributed by atoms with Crippen molar-refractivity contribution in [3.8, 4) is 5.75 Å². The molecule has 0 bridgehead atoms. The Kier molecular flexibility index (Phi) is 8.37. The first kappa shape index (κ1) is 28.9. The number of benzene rings is 2. The van der Waals surface area contributed by atoms with Crippen LogP contribution in [0.25, 0.3) is 0 Å². The average molecular weight is 558 g/mol. The average Bonchev–Trinajstić information content (AvgIpc) is 2.91. The van der Waals surface area contributed by atoms with Crippen molar-refractivity contribution < 1.29 is 41.8 Å². The number of hydrogen-bond acceptors (Lipinski definition) is 7. The number of dihydropyridines is 1. The van der Waals surface area contributed by atoms with Crippen molar-refractivity contribution in [2.24, 2.45) is 5.92 Å². The lowest BCUT2D eigenvalue weighted by Gasteiger charge is -2.40. The second kappa shape index (κ2) is 11.6. The van der Waals surface area contributed by atoms with Crippen molar-refractivity contribution in [3.05, 3.63) is 87.8 Å². The number of nitrogens with one attached hydrogen (secondary N) is 1. The zero-order valence-electron chi connectivity index (χ0n) is 22.6. The van der Waals surface area contributed by atoms with E-state index in [0.29, 0.717) is 17.0 Å². The molecule has 2 aromatic carbocycles. The minimum atomic E-state index is -4.77. The lowest BCUT2D eigenvalue weighted by molar-refractivity contribution is -0.152. The number of carbonyl (C=O) groups excluding carboxylic acids is 3. The molecule has 0 amide bonds. The highest BCUT2D eigenvalue weighted by Crippen LogP contribution is 2.50. The number of methoxy groups -OCH3 is 1. The fourth-order valence-electron chi connectivity index (χ4n) is 5.52. The molecule has 1 aliphatic heterocycles. The highest BCUT2D eigenvalue weighted by molar-refractivity contribution is 6.13. The van der Waals surface area contributed by atoms with Crippen LogP contribution in [0, 0.1) is 5.92 Å². The van der Waals surface area contributed by atoms with Gasteiger partial charge in [-0.1, -0.05) is 30.3 Å². The highest BCUT2D eigenvalue weighted by atomic mass is 19.4. The smallest absolute Gasteiger partial charge is 0.416 e. The van der Waals surface area contributed by atoms with Gasteiger partial charge in [0.15, 0.2) is 5.78 Å². The number of carbonyl (C=O) groups is 3. The summed E-state index contributed by atoms with van der Waals surface area (Å²) in [5.74, 6) is -5.30. The fourth-order valence-corrected chi connectivity index (χ4v) is 5.52. The van der Waals surface area contributed by atoms with Crippen LogP contribution in [-0.2, 0) is 30.0 Å². The van der Waals surface area contributed by atoms with Gasteiger partial charge in [-0.3, -0.25) is 9.59 Å². The minimum Gasteiger partial charge on any atom is -0.497 e. The van der Waals surface area contributed by atoms with Crippen molar-refractivity contribution in [1.82, 2.24) is 5.32 Å². The largest absolute Gasteiger partial charge is 0.497 e. The third kappa shape index (κ3) is 5.35. The van der Waals surface area contributed by atoms with E-state index >= 15 is 0 Å². The molecular formula is C30H30F3NO6. The summed E-state index contributed by atoms with van der Waals surface area (Å²) < 4.78 is 58.5. The van der Waals surface area contributed by atoms with Crippen LogP contribution in [0.15, 0.2) is 71.1 Å². The highest BCUT2D eigenvalue weighted by Gasteiger charge is 2.50. The van der Waals surface area contributed by atoms with Crippen LogP contribution in [0.4, 0.5) is 13.2 Å². The number of Topliss-reactive ketones (excluding diaryl/α,β-unsaturated/α-hetero) is 1. The van der Waals surface area contributed by atoms with E-state index in [1.54, 1.807) is 45.0 Å². The number of ketones is 1. The van der Waals surface area contributed by atoms with Gasteiger partial charge in [-0.2, -0.15) is 13.2 Å². The molecule has 212 valence electrons. The summed E-state index contributed by atoms with van der Waals surface area (Å²) >= 11 is 0. The third-order valence-electron chi connectivity index (χ3n) is 7.15. The summed E-state index contributed by atoms with van der Waals surface area (Å²) in [4.78, 5) is 40.7. The Labute approximate surface area is 230 Å². The molecule has 0 fully saturated rings.